The molecular formula is C14H24N2O2S2. The van der Waals surface area contributed by atoms with Crippen LogP contribution in [-0.2, 0) is 16.6 Å². The average molecular weight is 316 g/mol. The number of rotatable bonds is 9. The molecule has 0 aliphatic heterocycles. The van der Waals surface area contributed by atoms with E-state index in [0.717, 1.165) is 17.7 Å². The first-order chi connectivity index (χ1) is 9.49. The van der Waals surface area contributed by atoms with Gasteiger partial charge >= 0.3 is 0 Å². The summed E-state index contributed by atoms with van der Waals surface area (Å²) in [6, 6.07) is 2.30. The molecule has 0 aromatic carbocycles. The molecule has 0 unspecified atom stereocenters. The van der Waals surface area contributed by atoms with E-state index in [9.17, 15) is 8.42 Å². The van der Waals surface area contributed by atoms with Gasteiger partial charge in [0, 0.05) is 24.0 Å². The Morgan fingerprint density at radius 1 is 1.40 bits per heavy atom. The first-order valence-corrected chi connectivity index (χ1v) is 9.65. The lowest BCUT2D eigenvalue weighted by molar-refractivity contribution is 0.539. The van der Waals surface area contributed by atoms with Gasteiger partial charge in [-0.1, -0.05) is 13.8 Å². The summed E-state index contributed by atoms with van der Waals surface area (Å²) in [5.41, 5.74) is 0. The van der Waals surface area contributed by atoms with E-state index in [1.54, 1.807) is 6.07 Å². The standard InChI is InChI=1S/C14H24N2O2S2/c1-11(2)4-3-8-16-20(17,18)14-7-9-19-13(14)10-15-12-5-6-12/h7,9,11-12,15-16H,3-6,8,10H2,1-2H3. The average Bonchev–Trinajstić information content (AvgIpc) is 3.08. The normalized spacial score (nSPS) is 15.9. The van der Waals surface area contributed by atoms with Crippen molar-refractivity contribution in [2.45, 2.75) is 57.0 Å². The van der Waals surface area contributed by atoms with Crippen molar-refractivity contribution in [2.24, 2.45) is 5.92 Å². The SMILES string of the molecule is CC(C)CCCNS(=O)(=O)c1ccsc1CNC1CC1. The Kier molecular flexibility index (Phi) is 5.60. The molecule has 0 spiro atoms. The van der Waals surface area contributed by atoms with Crippen LogP contribution in [-0.4, -0.2) is 21.0 Å². The van der Waals surface area contributed by atoms with Crippen molar-refractivity contribution in [1.29, 1.82) is 0 Å². The number of thiophene rings is 1. The van der Waals surface area contributed by atoms with Gasteiger partial charge in [-0.3, -0.25) is 0 Å². The van der Waals surface area contributed by atoms with E-state index in [1.807, 2.05) is 5.38 Å². The highest BCUT2D eigenvalue weighted by atomic mass is 32.2. The largest absolute Gasteiger partial charge is 0.309 e. The Balaban J connectivity index is 1.89. The highest BCUT2D eigenvalue weighted by Gasteiger charge is 2.23. The second kappa shape index (κ2) is 7.02. The van der Waals surface area contributed by atoms with Crippen molar-refractivity contribution in [3.05, 3.63) is 16.3 Å². The summed E-state index contributed by atoms with van der Waals surface area (Å²) in [4.78, 5) is 1.36. The Morgan fingerprint density at radius 2 is 2.15 bits per heavy atom. The zero-order valence-corrected chi connectivity index (χ0v) is 13.8. The summed E-state index contributed by atoms with van der Waals surface area (Å²) in [6.07, 6.45) is 4.35. The predicted molar refractivity (Wildman–Crippen MR) is 83.4 cm³/mol. The Labute approximate surface area is 126 Å². The van der Waals surface area contributed by atoms with Gasteiger partial charge in [0.25, 0.3) is 0 Å². The van der Waals surface area contributed by atoms with E-state index >= 15 is 0 Å². The lowest BCUT2D eigenvalue weighted by Gasteiger charge is -2.09. The number of nitrogens with one attached hydrogen (secondary N) is 2. The summed E-state index contributed by atoms with van der Waals surface area (Å²) >= 11 is 1.51. The molecule has 2 N–H and O–H groups in total. The maximum atomic E-state index is 12.3. The second-order valence-electron chi connectivity index (χ2n) is 5.80. The third kappa shape index (κ3) is 4.84. The van der Waals surface area contributed by atoms with Crippen LogP contribution in [0.5, 0.6) is 0 Å². The van der Waals surface area contributed by atoms with E-state index in [0.29, 0.717) is 29.9 Å². The van der Waals surface area contributed by atoms with Crippen molar-refractivity contribution in [3.8, 4) is 0 Å². The van der Waals surface area contributed by atoms with Gasteiger partial charge in [0.1, 0.15) is 0 Å². The number of sulfonamides is 1. The Bertz CT molecular complexity index is 519. The van der Waals surface area contributed by atoms with Gasteiger partial charge in [0.05, 0.1) is 4.90 Å². The van der Waals surface area contributed by atoms with Gasteiger partial charge in [-0.05, 0) is 43.0 Å². The molecule has 0 amide bonds. The molecule has 1 aliphatic rings. The van der Waals surface area contributed by atoms with Crippen molar-refractivity contribution in [1.82, 2.24) is 10.0 Å². The molecule has 2 rings (SSSR count). The molecule has 1 aromatic heterocycles. The van der Waals surface area contributed by atoms with Gasteiger partial charge in [0.2, 0.25) is 10.0 Å². The highest BCUT2D eigenvalue weighted by Crippen LogP contribution is 2.24. The third-order valence-electron chi connectivity index (χ3n) is 3.37. The van der Waals surface area contributed by atoms with Crippen molar-refractivity contribution in [3.63, 3.8) is 0 Å². The second-order valence-corrected chi connectivity index (χ2v) is 8.53. The van der Waals surface area contributed by atoms with Crippen LogP contribution in [0.25, 0.3) is 0 Å². The van der Waals surface area contributed by atoms with Gasteiger partial charge in [0.15, 0.2) is 0 Å². The van der Waals surface area contributed by atoms with Crippen LogP contribution in [0, 0.1) is 5.92 Å². The quantitative estimate of drug-likeness (QED) is 0.689. The smallest absolute Gasteiger partial charge is 0.241 e. The van der Waals surface area contributed by atoms with Crippen molar-refractivity contribution in [2.75, 3.05) is 6.54 Å². The molecule has 0 bridgehead atoms. The molecule has 6 heteroatoms. The number of hydrogen-bond acceptors (Lipinski definition) is 4. The molecule has 4 nitrogen and oxygen atoms in total. The first-order valence-electron chi connectivity index (χ1n) is 7.28. The molecule has 0 saturated heterocycles. The van der Waals surface area contributed by atoms with E-state index in [-0.39, 0.29) is 0 Å². The zero-order valence-electron chi connectivity index (χ0n) is 12.2. The molecule has 0 radical (unpaired) electrons. The zero-order chi connectivity index (χ0) is 14.6. The summed E-state index contributed by atoms with van der Waals surface area (Å²) in [6.45, 7) is 5.47. The van der Waals surface area contributed by atoms with Crippen LogP contribution in [0.2, 0.25) is 0 Å². The Morgan fingerprint density at radius 3 is 2.80 bits per heavy atom. The lowest BCUT2D eigenvalue weighted by atomic mass is 10.1. The molecule has 20 heavy (non-hydrogen) atoms. The number of hydrogen-bond donors (Lipinski definition) is 2. The minimum Gasteiger partial charge on any atom is -0.309 e. The monoisotopic (exact) mass is 316 g/mol. The van der Waals surface area contributed by atoms with Crippen LogP contribution in [0.4, 0.5) is 0 Å². The van der Waals surface area contributed by atoms with Crippen LogP contribution >= 0.6 is 11.3 Å². The van der Waals surface area contributed by atoms with E-state index in [4.69, 9.17) is 0 Å². The highest BCUT2D eigenvalue weighted by molar-refractivity contribution is 7.89. The van der Waals surface area contributed by atoms with E-state index in [2.05, 4.69) is 23.9 Å². The maximum Gasteiger partial charge on any atom is 0.241 e. The van der Waals surface area contributed by atoms with Crippen LogP contribution in [0.1, 0.15) is 44.4 Å². The molecule has 114 valence electrons. The van der Waals surface area contributed by atoms with Crippen LogP contribution in [0.3, 0.4) is 0 Å². The minimum absolute atomic E-state index is 0.445. The molecule has 0 atom stereocenters. The minimum atomic E-state index is -3.35. The van der Waals surface area contributed by atoms with Gasteiger partial charge in [-0.2, -0.15) is 0 Å². The maximum absolute atomic E-state index is 12.3. The molecular weight excluding hydrogens is 292 g/mol. The van der Waals surface area contributed by atoms with E-state index < -0.39 is 10.0 Å². The molecule has 1 heterocycles. The lowest BCUT2D eigenvalue weighted by Crippen LogP contribution is -2.26. The summed E-state index contributed by atoms with van der Waals surface area (Å²) in [5.74, 6) is 0.610. The fraction of sp³-hybridized carbons (Fsp3) is 0.714. The fourth-order valence-electron chi connectivity index (χ4n) is 2.02. The Hall–Kier alpha value is -0.430. The third-order valence-corrected chi connectivity index (χ3v) is 5.97. The van der Waals surface area contributed by atoms with Crippen molar-refractivity contribution < 1.29 is 8.42 Å². The first kappa shape index (κ1) is 15.9. The summed E-state index contributed by atoms with van der Waals surface area (Å²) < 4.78 is 27.3. The van der Waals surface area contributed by atoms with Crippen molar-refractivity contribution >= 4 is 21.4 Å². The van der Waals surface area contributed by atoms with Crippen LogP contribution in [0.15, 0.2) is 16.3 Å². The molecule has 1 aromatic rings. The van der Waals surface area contributed by atoms with Crippen LogP contribution < -0.4 is 10.0 Å². The topological polar surface area (TPSA) is 58.2 Å². The fourth-order valence-corrected chi connectivity index (χ4v) is 4.48. The molecule has 1 fully saturated rings. The van der Waals surface area contributed by atoms with E-state index in [1.165, 1.54) is 24.2 Å². The van der Waals surface area contributed by atoms with Gasteiger partial charge in [-0.15, -0.1) is 11.3 Å². The van der Waals surface area contributed by atoms with Gasteiger partial charge < -0.3 is 5.32 Å². The molecule has 1 saturated carbocycles. The van der Waals surface area contributed by atoms with Gasteiger partial charge in [-0.25, -0.2) is 13.1 Å². The summed E-state index contributed by atoms with van der Waals surface area (Å²) in [5, 5.41) is 5.23. The summed E-state index contributed by atoms with van der Waals surface area (Å²) in [7, 11) is -3.35. The predicted octanol–water partition coefficient (Wildman–Crippen LogP) is 2.71. The molecule has 1 aliphatic carbocycles.